The molecule has 11 nitrogen and oxygen atoms in total. The predicted molar refractivity (Wildman–Crippen MR) is 148 cm³/mol. The Morgan fingerprint density at radius 1 is 0.864 bits per heavy atom. The fourth-order valence-electron chi connectivity index (χ4n) is 2.93. The van der Waals surface area contributed by atoms with Crippen LogP contribution in [0, 0.1) is 11.6 Å². The molecule has 0 aliphatic rings. The van der Waals surface area contributed by atoms with Crippen LogP contribution < -0.4 is 15.1 Å². The fraction of sp³-hybridized carbons (Fsp3) is 0.308. The Labute approximate surface area is 248 Å². The number of carbonyl (C=O) groups excluding carboxylic acids is 2. The van der Waals surface area contributed by atoms with Gasteiger partial charge in [0.2, 0.25) is 5.82 Å². The lowest BCUT2D eigenvalue weighted by molar-refractivity contribution is -0.00282. The number of carbonyl (C=O) groups is 2. The summed E-state index contributed by atoms with van der Waals surface area (Å²) in [6, 6.07) is 12.6. The van der Waals surface area contributed by atoms with Crippen molar-refractivity contribution in [2.45, 2.75) is 26.9 Å². The van der Waals surface area contributed by atoms with Gasteiger partial charge in [-0.05, 0) is 12.1 Å². The van der Waals surface area contributed by atoms with Gasteiger partial charge in [-0.25, -0.2) is 22.9 Å². The number of ketones is 2. The zero-order valence-electron chi connectivity index (χ0n) is 24.7. The average Bonchev–Trinajstić information content (AvgIpc) is 3.50. The van der Waals surface area contributed by atoms with Gasteiger partial charge in [-0.3, -0.25) is 27.5 Å². The molecule has 0 amide bonds. The maximum Gasteiger partial charge on any atom is 0.762 e. The van der Waals surface area contributed by atoms with Crippen LogP contribution in [0.5, 0.6) is 6.01 Å². The van der Waals surface area contributed by atoms with E-state index >= 15 is 0 Å². The summed E-state index contributed by atoms with van der Waals surface area (Å²) in [6.07, 6.45) is 0. The molecule has 0 aliphatic heterocycles. The maximum absolute atomic E-state index is 13.5. The lowest BCUT2D eigenvalue weighted by Crippen LogP contribution is -3.00. The molecule has 0 unspecified atom stereocenters. The highest BCUT2D eigenvalue weighted by Gasteiger charge is 2.15. The van der Waals surface area contributed by atoms with Crippen LogP contribution in [-0.4, -0.2) is 77.1 Å². The Morgan fingerprint density at radius 2 is 1.30 bits per heavy atom. The molecule has 18 heteroatoms. The SMILES string of the molecule is CC(=O)c1nn(Cc2ccccc2F)c(=O)[nH]1.COc1nc(C(C)=O)nn1Cc1ccccc1F.C[O+](C)C.FB(F)F.[F-]. The number of benzene rings is 2. The summed E-state index contributed by atoms with van der Waals surface area (Å²) in [5.74, 6) is -1.31. The Hall–Kier alpha value is -4.74. The van der Waals surface area contributed by atoms with Gasteiger partial charge in [-0.15, -0.1) is 10.2 Å². The van der Waals surface area contributed by atoms with Crippen molar-refractivity contribution < 1.29 is 45.1 Å². The van der Waals surface area contributed by atoms with Gasteiger partial charge in [-0.2, -0.15) is 4.98 Å². The molecule has 2 heterocycles. The van der Waals surface area contributed by atoms with Crippen LogP contribution in [0.2, 0.25) is 0 Å². The summed E-state index contributed by atoms with van der Waals surface area (Å²) in [4.78, 5) is 39.8. The third kappa shape index (κ3) is 14.0. The molecule has 44 heavy (non-hydrogen) atoms. The molecule has 0 spiro atoms. The zero-order valence-corrected chi connectivity index (χ0v) is 24.7. The monoisotopic (exact) mass is 632 g/mol. The number of aromatic nitrogens is 6. The molecule has 0 saturated heterocycles. The second-order valence-corrected chi connectivity index (χ2v) is 8.78. The topological polar surface area (TPSA) is 127 Å². The Bertz CT molecular complexity index is 1520. The smallest absolute Gasteiger partial charge is 0.762 e. The van der Waals surface area contributed by atoms with E-state index in [1.165, 1.54) is 37.8 Å². The number of ether oxygens (including phenoxy) is 1. The third-order valence-electron chi connectivity index (χ3n) is 4.71. The molecular weight excluding hydrogens is 601 g/mol. The van der Waals surface area contributed by atoms with E-state index in [0.29, 0.717) is 11.1 Å². The number of nitrogens with one attached hydrogen (secondary N) is 1. The summed E-state index contributed by atoms with van der Waals surface area (Å²) in [6.45, 7) is 2.82. The van der Waals surface area contributed by atoms with E-state index in [4.69, 9.17) is 4.74 Å². The minimum Gasteiger partial charge on any atom is -1.00 e. The molecule has 4 aromatic rings. The van der Waals surface area contributed by atoms with Crippen molar-refractivity contribution in [2.24, 2.45) is 0 Å². The van der Waals surface area contributed by atoms with Gasteiger partial charge in [0, 0.05) is 25.0 Å². The van der Waals surface area contributed by atoms with E-state index < -0.39 is 19.1 Å². The molecule has 0 radical (unpaired) electrons. The molecule has 0 atom stereocenters. The summed E-state index contributed by atoms with van der Waals surface area (Å²) in [5, 5.41) is 7.76. The Morgan fingerprint density at radius 3 is 1.66 bits per heavy atom. The van der Waals surface area contributed by atoms with Crippen molar-refractivity contribution in [3.05, 3.63) is 93.4 Å². The molecule has 240 valence electrons. The van der Waals surface area contributed by atoms with Crippen LogP contribution >= 0.6 is 0 Å². The van der Waals surface area contributed by atoms with Gasteiger partial charge in [0.1, 0.15) is 33.0 Å². The van der Waals surface area contributed by atoms with Crippen LogP contribution in [0.15, 0.2) is 53.3 Å². The number of hydrogen-bond donors (Lipinski definition) is 1. The van der Waals surface area contributed by atoms with Gasteiger partial charge in [-0.1, -0.05) is 36.4 Å². The maximum atomic E-state index is 13.5. The van der Waals surface area contributed by atoms with Gasteiger partial charge in [0.05, 0.1) is 20.2 Å². The number of hydrogen-bond acceptors (Lipinski definition) is 7. The first-order valence-electron chi connectivity index (χ1n) is 12.2. The van der Waals surface area contributed by atoms with Crippen molar-refractivity contribution in [1.82, 2.24) is 29.5 Å². The first-order chi connectivity index (χ1) is 20.2. The molecule has 0 aliphatic carbocycles. The molecule has 0 bridgehead atoms. The second-order valence-electron chi connectivity index (χ2n) is 8.78. The van der Waals surface area contributed by atoms with Crippen LogP contribution in [0.3, 0.4) is 0 Å². The summed E-state index contributed by atoms with van der Waals surface area (Å²) < 4.78 is 65.8. The first kappa shape index (κ1) is 39.3. The molecule has 0 fully saturated rings. The number of aromatic amines is 1. The minimum atomic E-state index is -3.67. The molecule has 4 rings (SSSR count). The summed E-state index contributed by atoms with van der Waals surface area (Å²) in [5.41, 5.74) is 0.269. The lowest BCUT2D eigenvalue weighted by atomic mass is 10.2. The van der Waals surface area contributed by atoms with Crippen LogP contribution in [0.25, 0.3) is 0 Å². The standard InChI is InChI=1S/C12H12FN3O2.C11H10FN3O2.C3H9O.BF3.FH/c1-8(17)11-14-12(18-2)16(15-11)7-9-5-3-4-6-10(9)13;1-7(16)10-13-11(17)15(14-10)6-8-4-2-3-5-9(8)12;1-4(2)3;2-1(3)4;/h3-6H,7H2,1-2H3;2-5H,6H2,1H3,(H,13,14,17);1-3H3;;1H/q;;+1;;/p-1. The van der Waals surface area contributed by atoms with E-state index in [1.807, 2.05) is 21.3 Å². The van der Waals surface area contributed by atoms with Crippen molar-refractivity contribution in [2.75, 3.05) is 28.4 Å². The van der Waals surface area contributed by atoms with E-state index in [2.05, 4.69) is 24.5 Å². The van der Waals surface area contributed by atoms with Gasteiger partial charge in [0.15, 0.2) is 17.4 Å². The Kier molecular flexibility index (Phi) is 17.4. The largest absolute Gasteiger partial charge is 1.00 e. The number of H-pyrrole nitrogens is 1. The molecule has 2 aromatic carbocycles. The zero-order chi connectivity index (χ0) is 32.7. The van der Waals surface area contributed by atoms with Crippen LogP contribution in [-0.2, 0) is 17.5 Å². The van der Waals surface area contributed by atoms with E-state index in [9.17, 15) is 36.1 Å². The van der Waals surface area contributed by atoms with Gasteiger partial charge in [0.25, 0.3) is 0 Å². The lowest BCUT2D eigenvalue weighted by Gasteiger charge is -2.05. The normalized spacial score (nSPS) is 9.73. The highest BCUT2D eigenvalue weighted by Crippen LogP contribution is 2.14. The number of rotatable bonds is 7. The quantitative estimate of drug-likeness (QED) is 0.139. The summed E-state index contributed by atoms with van der Waals surface area (Å²) in [7, 11) is 3.51. The predicted octanol–water partition coefficient (Wildman–Crippen LogP) is 0.950. The van der Waals surface area contributed by atoms with Crippen molar-refractivity contribution in [3.63, 3.8) is 0 Å². The minimum absolute atomic E-state index is 0. The van der Waals surface area contributed by atoms with Crippen molar-refractivity contribution >= 4 is 19.1 Å². The summed E-state index contributed by atoms with van der Waals surface area (Å²) >= 11 is 0. The number of Topliss-reactive ketones (excluding diaryl/α,β-unsaturated/α-hetero) is 2. The number of methoxy groups -OCH3 is 1. The van der Waals surface area contributed by atoms with Crippen molar-refractivity contribution in [3.8, 4) is 6.01 Å². The van der Waals surface area contributed by atoms with Crippen LogP contribution in [0.4, 0.5) is 21.7 Å². The van der Waals surface area contributed by atoms with E-state index in [0.717, 1.165) is 4.68 Å². The van der Waals surface area contributed by atoms with Gasteiger partial charge < -0.3 is 13.8 Å². The van der Waals surface area contributed by atoms with Crippen LogP contribution in [0.1, 0.15) is 46.2 Å². The van der Waals surface area contributed by atoms with Crippen molar-refractivity contribution in [1.29, 1.82) is 0 Å². The molecular formula is C26H31BF6N6O5. The highest BCUT2D eigenvalue weighted by atomic mass is 19.4. The second kappa shape index (κ2) is 19.5. The molecule has 2 aromatic heterocycles. The molecule has 1 N–H and O–H groups in total. The number of nitrogens with zero attached hydrogens (tertiary/aromatic N) is 5. The van der Waals surface area contributed by atoms with Gasteiger partial charge >= 0.3 is 19.2 Å². The van der Waals surface area contributed by atoms with E-state index in [1.54, 1.807) is 36.4 Å². The fourth-order valence-corrected chi connectivity index (χ4v) is 2.93. The number of halogens is 6. The Balaban J connectivity index is 0.000000665. The first-order valence-corrected chi connectivity index (χ1v) is 12.2. The van der Waals surface area contributed by atoms with E-state index in [-0.39, 0.29) is 52.8 Å². The average molecular weight is 632 g/mol. The third-order valence-corrected chi connectivity index (χ3v) is 4.71. The highest BCUT2D eigenvalue weighted by molar-refractivity contribution is 6.33. The molecule has 0 saturated carbocycles.